The fraction of sp³-hybridized carbons (Fsp3) is 0.222. The maximum Gasteiger partial charge on any atom is 0.201 e. The molecule has 78 valence electrons. The summed E-state index contributed by atoms with van der Waals surface area (Å²) in [7, 11) is 0. The van der Waals surface area contributed by atoms with E-state index in [1.165, 1.54) is 0 Å². The smallest absolute Gasteiger partial charge is 0.201 e. The zero-order valence-corrected chi connectivity index (χ0v) is 8.70. The molecule has 0 fully saturated rings. The van der Waals surface area contributed by atoms with Crippen molar-refractivity contribution in [2.24, 2.45) is 5.73 Å². The number of pyridine rings is 1. The van der Waals surface area contributed by atoms with Gasteiger partial charge in [-0.3, -0.25) is 10.1 Å². The van der Waals surface area contributed by atoms with Gasteiger partial charge in [-0.15, -0.1) is 0 Å². The fourth-order valence-corrected chi connectivity index (χ4v) is 1.41. The first-order valence-corrected chi connectivity index (χ1v) is 4.91. The molecular formula is C9H10ClN5. The minimum absolute atomic E-state index is 0.504. The van der Waals surface area contributed by atoms with Crippen LogP contribution in [0.2, 0.25) is 5.02 Å². The standard InChI is InChI=1S/C9H10ClN5/c10-6-2-1-5-12-8(6)9-13-7(3-4-11)14-15-9/h1-2,5H,3-4,11H2,(H,13,14,15). The fourth-order valence-electron chi connectivity index (χ4n) is 1.20. The normalized spacial score (nSPS) is 10.5. The van der Waals surface area contributed by atoms with Crippen LogP contribution in [-0.4, -0.2) is 26.7 Å². The van der Waals surface area contributed by atoms with Gasteiger partial charge < -0.3 is 5.73 Å². The Labute approximate surface area is 91.7 Å². The highest BCUT2D eigenvalue weighted by Crippen LogP contribution is 2.21. The van der Waals surface area contributed by atoms with Crippen LogP contribution in [0.25, 0.3) is 11.5 Å². The summed E-state index contributed by atoms with van der Waals surface area (Å²) < 4.78 is 0. The number of halogens is 1. The second kappa shape index (κ2) is 4.37. The summed E-state index contributed by atoms with van der Waals surface area (Å²) in [4.78, 5) is 8.35. The van der Waals surface area contributed by atoms with Gasteiger partial charge in [-0.25, -0.2) is 4.98 Å². The summed E-state index contributed by atoms with van der Waals surface area (Å²) in [6.45, 7) is 0.532. The Morgan fingerprint density at radius 2 is 2.33 bits per heavy atom. The van der Waals surface area contributed by atoms with Crippen LogP contribution in [0.15, 0.2) is 18.3 Å². The monoisotopic (exact) mass is 223 g/mol. The Morgan fingerprint density at radius 3 is 3.07 bits per heavy atom. The molecule has 3 N–H and O–H groups in total. The van der Waals surface area contributed by atoms with E-state index in [1.807, 2.05) is 0 Å². The molecule has 5 nitrogen and oxygen atoms in total. The van der Waals surface area contributed by atoms with Crippen molar-refractivity contribution in [3.63, 3.8) is 0 Å². The molecule has 2 heterocycles. The number of nitrogens with zero attached hydrogens (tertiary/aromatic N) is 3. The molecule has 0 amide bonds. The molecule has 0 atom stereocenters. The van der Waals surface area contributed by atoms with Gasteiger partial charge >= 0.3 is 0 Å². The lowest BCUT2D eigenvalue weighted by Crippen LogP contribution is -2.03. The van der Waals surface area contributed by atoms with Crippen molar-refractivity contribution in [3.8, 4) is 11.5 Å². The van der Waals surface area contributed by atoms with Gasteiger partial charge in [0.1, 0.15) is 11.5 Å². The number of hydrogen-bond acceptors (Lipinski definition) is 4. The van der Waals surface area contributed by atoms with E-state index in [4.69, 9.17) is 17.3 Å². The van der Waals surface area contributed by atoms with Crippen molar-refractivity contribution in [2.45, 2.75) is 6.42 Å². The van der Waals surface area contributed by atoms with Gasteiger partial charge in [0, 0.05) is 12.6 Å². The molecule has 0 aromatic carbocycles. The molecule has 0 spiro atoms. The lowest BCUT2D eigenvalue weighted by atomic mass is 10.3. The molecule has 15 heavy (non-hydrogen) atoms. The van der Waals surface area contributed by atoms with Crippen molar-refractivity contribution in [1.82, 2.24) is 20.2 Å². The van der Waals surface area contributed by atoms with Crippen LogP contribution >= 0.6 is 11.6 Å². The van der Waals surface area contributed by atoms with Crippen molar-refractivity contribution in [3.05, 3.63) is 29.2 Å². The van der Waals surface area contributed by atoms with Crippen molar-refractivity contribution >= 4 is 11.6 Å². The van der Waals surface area contributed by atoms with E-state index in [9.17, 15) is 0 Å². The molecule has 0 radical (unpaired) electrons. The molecular weight excluding hydrogens is 214 g/mol. The Bertz CT molecular complexity index is 453. The van der Waals surface area contributed by atoms with Crippen LogP contribution in [0, 0.1) is 0 Å². The van der Waals surface area contributed by atoms with Gasteiger partial charge in [0.2, 0.25) is 5.82 Å². The summed E-state index contributed by atoms with van der Waals surface area (Å²) >= 11 is 5.96. The highest BCUT2D eigenvalue weighted by Gasteiger charge is 2.09. The van der Waals surface area contributed by atoms with Gasteiger partial charge in [-0.1, -0.05) is 11.6 Å². The van der Waals surface area contributed by atoms with Crippen molar-refractivity contribution in [2.75, 3.05) is 6.54 Å². The zero-order chi connectivity index (χ0) is 10.7. The zero-order valence-electron chi connectivity index (χ0n) is 7.94. The number of aromatic nitrogens is 4. The number of rotatable bonds is 3. The number of nitrogens with one attached hydrogen (secondary N) is 1. The largest absolute Gasteiger partial charge is 0.330 e. The maximum absolute atomic E-state index is 5.96. The second-order valence-corrected chi connectivity index (χ2v) is 3.39. The average molecular weight is 224 g/mol. The third-order valence-corrected chi connectivity index (χ3v) is 2.19. The molecule has 0 unspecified atom stereocenters. The number of H-pyrrole nitrogens is 1. The molecule has 0 saturated carbocycles. The maximum atomic E-state index is 5.96. The van der Waals surface area contributed by atoms with E-state index in [0.29, 0.717) is 29.5 Å². The summed E-state index contributed by atoms with van der Waals surface area (Å²) in [5, 5.41) is 7.36. The van der Waals surface area contributed by atoms with E-state index in [2.05, 4.69) is 20.2 Å². The Kier molecular flexibility index (Phi) is 2.94. The molecule has 2 aromatic heterocycles. The number of aromatic amines is 1. The molecule has 6 heteroatoms. The van der Waals surface area contributed by atoms with Crippen LogP contribution < -0.4 is 5.73 Å². The van der Waals surface area contributed by atoms with Gasteiger partial charge in [-0.2, -0.15) is 5.10 Å². The quantitative estimate of drug-likeness (QED) is 0.814. The highest BCUT2D eigenvalue weighted by atomic mass is 35.5. The Hall–Kier alpha value is -1.46. The first-order chi connectivity index (χ1) is 7.31. The van der Waals surface area contributed by atoms with E-state index in [1.54, 1.807) is 18.3 Å². The van der Waals surface area contributed by atoms with E-state index < -0.39 is 0 Å². The van der Waals surface area contributed by atoms with Crippen molar-refractivity contribution < 1.29 is 0 Å². The molecule has 0 aliphatic carbocycles. The topological polar surface area (TPSA) is 80.5 Å². The number of nitrogens with two attached hydrogens (primary N) is 1. The molecule has 0 saturated heterocycles. The molecule has 0 aliphatic rings. The van der Waals surface area contributed by atoms with E-state index in [0.717, 1.165) is 5.82 Å². The Morgan fingerprint density at radius 1 is 1.47 bits per heavy atom. The summed E-state index contributed by atoms with van der Waals surface area (Å²) in [5.74, 6) is 1.25. The average Bonchev–Trinajstić information content (AvgIpc) is 2.68. The molecule has 0 aliphatic heterocycles. The van der Waals surface area contributed by atoms with Crippen LogP contribution in [0.3, 0.4) is 0 Å². The molecule has 2 aromatic rings. The molecule has 2 rings (SSSR count). The minimum Gasteiger partial charge on any atom is -0.330 e. The lowest BCUT2D eigenvalue weighted by Gasteiger charge is -1.95. The molecule has 0 bridgehead atoms. The van der Waals surface area contributed by atoms with E-state index in [-0.39, 0.29) is 0 Å². The third kappa shape index (κ3) is 2.14. The lowest BCUT2D eigenvalue weighted by molar-refractivity contribution is 0.874. The predicted octanol–water partition coefficient (Wildman–Crippen LogP) is 1.02. The van der Waals surface area contributed by atoms with E-state index >= 15 is 0 Å². The van der Waals surface area contributed by atoms with Gasteiger partial charge in [0.05, 0.1) is 5.02 Å². The third-order valence-electron chi connectivity index (χ3n) is 1.88. The number of hydrogen-bond donors (Lipinski definition) is 2. The van der Waals surface area contributed by atoms with Gasteiger partial charge in [0.15, 0.2) is 0 Å². The van der Waals surface area contributed by atoms with Gasteiger partial charge in [0.25, 0.3) is 0 Å². The first kappa shape index (κ1) is 10.1. The van der Waals surface area contributed by atoms with Crippen LogP contribution in [-0.2, 0) is 6.42 Å². The summed E-state index contributed by atoms with van der Waals surface area (Å²) in [6, 6.07) is 3.52. The minimum atomic E-state index is 0.504. The Balaban J connectivity index is 2.33. The van der Waals surface area contributed by atoms with Gasteiger partial charge in [-0.05, 0) is 18.7 Å². The van der Waals surface area contributed by atoms with Crippen LogP contribution in [0.5, 0.6) is 0 Å². The van der Waals surface area contributed by atoms with Crippen molar-refractivity contribution in [1.29, 1.82) is 0 Å². The highest BCUT2D eigenvalue weighted by molar-refractivity contribution is 6.32. The predicted molar refractivity (Wildman–Crippen MR) is 57.4 cm³/mol. The first-order valence-electron chi connectivity index (χ1n) is 4.53. The second-order valence-electron chi connectivity index (χ2n) is 2.98. The van der Waals surface area contributed by atoms with Crippen LogP contribution in [0.4, 0.5) is 0 Å². The summed E-state index contributed by atoms with van der Waals surface area (Å²) in [6.07, 6.45) is 2.32. The van der Waals surface area contributed by atoms with Crippen LogP contribution in [0.1, 0.15) is 5.82 Å². The summed E-state index contributed by atoms with van der Waals surface area (Å²) in [5.41, 5.74) is 5.99. The SMILES string of the molecule is NCCc1nc(-c2ncccc2Cl)n[nH]1.